The molecule has 0 radical (unpaired) electrons. The van der Waals surface area contributed by atoms with Gasteiger partial charge in [0, 0.05) is 5.56 Å². The molecule has 0 amide bonds. The van der Waals surface area contributed by atoms with Gasteiger partial charge >= 0.3 is 0 Å². The lowest BCUT2D eigenvalue weighted by molar-refractivity contribution is -0.472. The van der Waals surface area contributed by atoms with Gasteiger partial charge in [-0.3, -0.25) is 4.99 Å². The predicted molar refractivity (Wildman–Crippen MR) is 86.6 cm³/mol. The van der Waals surface area contributed by atoms with Crippen LogP contribution in [0.1, 0.15) is 43.0 Å². The van der Waals surface area contributed by atoms with Crippen LogP contribution in [-0.2, 0) is 0 Å². The van der Waals surface area contributed by atoms with Gasteiger partial charge < -0.3 is 0 Å². The number of rotatable bonds is 4. The normalized spacial score (nSPS) is 15.7. The van der Waals surface area contributed by atoms with Crippen molar-refractivity contribution in [1.82, 2.24) is 0 Å². The van der Waals surface area contributed by atoms with Crippen molar-refractivity contribution in [1.29, 1.82) is 0 Å². The third kappa shape index (κ3) is 3.10. The Balaban J connectivity index is 1.91. The topological polar surface area (TPSA) is 26.0 Å². The highest BCUT2D eigenvalue weighted by Crippen LogP contribution is 2.24. The smallest absolute Gasteiger partial charge is 0.271 e. The van der Waals surface area contributed by atoms with Crippen molar-refractivity contribution in [2.75, 3.05) is 5.32 Å². The van der Waals surface area contributed by atoms with Crippen molar-refractivity contribution in [2.45, 2.75) is 38.6 Å². The van der Waals surface area contributed by atoms with Crippen LogP contribution in [0.15, 0.2) is 41.8 Å². The second-order valence-corrected chi connectivity index (χ2v) is 6.59. The lowest BCUT2D eigenvalue weighted by Gasteiger charge is -2.10. The summed E-state index contributed by atoms with van der Waals surface area (Å²) in [5.41, 5.74) is 2.57. The number of amidine groups is 1. The van der Waals surface area contributed by atoms with E-state index in [1.165, 1.54) is 29.0 Å². The second-order valence-electron chi connectivity index (χ2n) is 5.64. The Morgan fingerprint density at radius 1 is 1.20 bits per heavy atom. The van der Waals surface area contributed by atoms with Crippen LogP contribution in [0.25, 0.3) is 0 Å². The molecule has 20 heavy (non-hydrogen) atoms. The van der Waals surface area contributed by atoms with Crippen LogP contribution in [-0.4, -0.2) is 11.9 Å². The standard InChI is InChI=1S/C17H20N2S/c1-12(2)14-6-3-4-7-15(14)19-17(18-13-9-10-13)16-8-5-11-20-16/h3-8,11-13H,9-10H2,1-2H3,(H,18,19)/p+1. The van der Waals surface area contributed by atoms with Gasteiger partial charge in [0.1, 0.15) is 10.6 Å². The number of thiophene rings is 1. The predicted octanol–water partition coefficient (Wildman–Crippen LogP) is 2.97. The second kappa shape index (κ2) is 5.80. The van der Waals surface area contributed by atoms with Crippen molar-refractivity contribution in [3.05, 3.63) is 52.2 Å². The lowest BCUT2D eigenvalue weighted by Crippen LogP contribution is -2.76. The first-order chi connectivity index (χ1) is 9.74. The maximum absolute atomic E-state index is 3.62. The summed E-state index contributed by atoms with van der Waals surface area (Å²) < 4.78 is 0. The summed E-state index contributed by atoms with van der Waals surface area (Å²) in [5, 5.41) is 5.74. The zero-order chi connectivity index (χ0) is 13.9. The number of hydrogen-bond acceptors (Lipinski definition) is 1. The van der Waals surface area contributed by atoms with Gasteiger partial charge in [-0.1, -0.05) is 38.1 Å². The van der Waals surface area contributed by atoms with E-state index in [0.29, 0.717) is 12.0 Å². The summed E-state index contributed by atoms with van der Waals surface area (Å²) >= 11 is 1.77. The Kier molecular flexibility index (Phi) is 3.88. The van der Waals surface area contributed by atoms with E-state index in [1.54, 1.807) is 11.3 Å². The third-order valence-corrected chi connectivity index (χ3v) is 4.42. The van der Waals surface area contributed by atoms with Crippen molar-refractivity contribution in [3.63, 3.8) is 0 Å². The minimum atomic E-state index is 0.518. The first-order valence-corrected chi connectivity index (χ1v) is 8.15. The minimum Gasteiger partial charge on any atom is -0.271 e. The minimum absolute atomic E-state index is 0.518. The molecule has 1 aromatic heterocycles. The van der Waals surface area contributed by atoms with Crippen molar-refractivity contribution >= 4 is 22.9 Å². The van der Waals surface area contributed by atoms with E-state index in [9.17, 15) is 0 Å². The van der Waals surface area contributed by atoms with Gasteiger partial charge in [0.2, 0.25) is 0 Å². The van der Waals surface area contributed by atoms with Gasteiger partial charge in [0.05, 0.1) is 6.04 Å². The molecule has 1 saturated carbocycles. The quantitative estimate of drug-likeness (QED) is 0.655. The average molecular weight is 285 g/mol. The van der Waals surface area contributed by atoms with E-state index in [0.717, 1.165) is 5.84 Å². The van der Waals surface area contributed by atoms with Gasteiger partial charge in [-0.05, 0) is 36.3 Å². The number of anilines is 1. The summed E-state index contributed by atoms with van der Waals surface area (Å²) in [6.07, 6.45) is 2.56. The molecule has 0 bridgehead atoms. The monoisotopic (exact) mass is 285 g/mol. The molecule has 1 aliphatic carbocycles. The maximum Gasteiger partial charge on any atom is 0.290 e. The fourth-order valence-corrected chi connectivity index (χ4v) is 2.96. The summed E-state index contributed by atoms with van der Waals surface area (Å²) in [5.74, 6) is 1.67. The molecule has 1 fully saturated rings. The molecule has 0 spiro atoms. The summed E-state index contributed by atoms with van der Waals surface area (Å²) in [4.78, 5) is 4.90. The van der Waals surface area contributed by atoms with Crippen LogP contribution in [0.4, 0.5) is 5.69 Å². The summed E-state index contributed by atoms with van der Waals surface area (Å²) in [6, 6.07) is 13.5. The van der Waals surface area contributed by atoms with Crippen molar-refractivity contribution < 1.29 is 4.99 Å². The molecule has 0 aliphatic heterocycles. The summed E-state index contributed by atoms with van der Waals surface area (Å²) in [6.45, 7) is 4.47. The molecule has 2 nitrogen and oxygen atoms in total. The van der Waals surface area contributed by atoms with E-state index in [2.05, 4.69) is 65.9 Å². The Bertz CT molecular complexity index is 595. The van der Waals surface area contributed by atoms with Gasteiger partial charge in [0.25, 0.3) is 5.84 Å². The first-order valence-electron chi connectivity index (χ1n) is 7.27. The molecule has 0 atom stereocenters. The van der Waals surface area contributed by atoms with Crippen LogP contribution in [0.2, 0.25) is 0 Å². The molecule has 1 aromatic carbocycles. The number of hydrogen-bond donors (Lipinski definition) is 2. The van der Waals surface area contributed by atoms with Crippen LogP contribution in [0, 0.1) is 0 Å². The van der Waals surface area contributed by atoms with Crippen molar-refractivity contribution in [2.24, 2.45) is 0 Å². The first kappa shape index (κ1) is 13.4. The summed E-state index contributed by atoms with van der Waals surface area (Å²) in [7, 11) is 0. The maximum atomic E-state index is 3.62. The van der Waals surface area contributed by atoms with E-state index in [-0.39, 0.29) is 0 Å². The molecule has 1 heterocycles. The zero-order valence-electron chi connectivity index (χ0n) is 12.0. The fourth-order valence-electron chi connectivity index (χ4n) is 2.27. The molecule has 0 saturated heterocycles. The number of benzene rings is 1. The van der Waals surface area contributed by atoms with Gasteiger partial charge in [0.15, 0.2) is 0 Å². The number of nitrogens with one attached hydrogen (secondary N) is 2. The largest absolute Gasteiger partial charge is 0.290 e. The van der Waals surface area contributed by atoms with Crippen LogP contribution in [0.3, 0.4) is 0 Å². The van der Waals surface area contributed by atoms with Crippen molar-refractivity contribution in [3.8, 4) is 0 Å². The average Bonchev–Trinajstić information content (AvgIpc) is 3.09. The molecule has 0 unspecified atom stereocenters. The van der Waals surface area contributed by atoms with E-state index < -0.39 is 0 Å². The Labute approximate surface area is 124 Å². The molecular weight excluding hydrogens is 264 g/mol. The van der Waals surface area contributed by atoms with Crippen LogP contribution < -0.4 is 10.3 Å². The highest BCUT2D eigenvalue weighted by atomic mass is 32.1. The Hall–Kier alpha value is -1.61. The SMILES string of the molecule is CC(C)c1ccccc1NC(=[NH+]C1CC1)c1cccs1. The molecule has 2 N–H and O–H groups in total. The van der Waals surface area contributed by atoms with E-state index in [4.69, 9.17) is 0 Å². The molecule has 3 heteroatoms. The van der Waals surface area contributed by atoms with Crippen LogP contribution in [0.5, 0.6) is 0 Å². The van der Waals surface area contributed by atoms with E-state index in [1.807, 2.05) is 0 Å². The highest BCUT2D eigenvalue weighted by molar-refractivity contribution is 7.12. The lowest BCUT2D eigenvalue weighted by atomic mass is 10.0. The van der Waals surface area contributed by atoms with Crippen LogP contribution >= 0.6 is 11.3 Å². The molecule has 1 aliphatic rings. The third-order valence-electron chi connectivity index (χ3n) is 3.54. The molecular formula is C17H21N2S+. The molecule has 3 rings (SSSR count). The Morgan fingerprint density at radius 3 is 2.65 bits per heavy atom. The highest BCUT2D eigenvalue weighted by Gasteiger charge is 2.26. The Morgan fingerprint density at radius 2 is 2.00 bits per heavy atom. The zero-order valence-corrected chi connectivity index (χ0v) is 12.8. The molecule has 2 aromatic rings. The number of para-hydroxylation sites is 1. The van der Waals surface area contributed by atoms with Gasteiger partial charge in [-0.25, -0.2) is 5.32 Å². The fraction of sp³-hybridized carbons (Fsp3) is 0.353. The van der Waals surface area contributed by atoms with Gasteiger partial charge in [-0.2, -0.15) is 0 Å². The molecule has 104 valence electrons. The van der Waals surface area contributed by atoms with E-state index >= 15 is 0 Å². The van der Waals surface area contributed by atoms with Gasteiger partial charge in [-0.15, -0.1) is 11.3 Å².